The van der Waals surface area contributed by atoms with E-state index >= 15 is 0 Å². The molecule has 0 amide bonds. The predicted octanol–water partition coefficient (Wildman–Crippen LogP) is 3.29. The number of piperidine rings is 1. The van der Waals surface area contributed by atoms with E-state index in [1.54, 1.807) is 19.2 Å². The van der Waals surface area contributed by atoms with Gasteiger partial charge in [0.05, 0.1) is 35.3 Å². The molecule has 6 nitrogen and oxygen atoms in total. The minimum absolute atomic E-state index is 0.135. The monoisotopic (exact) mass is 357 g/mol. The highest BCUT2D eigenvalue weighted by Gasteiger charge is 2.38. The molecule has 1 saturated heterocycles. The Kier molecular flexibility index (Phi) is 4.71. The molecule has 2 heterocycles. The zero-order valence-electron chi connectivity index (χ0n) is 15.4. The number of aromatic carboxylic acids is 1. The van der Waals surface area contributed by atoms with E-state index in [-0.39, 0.29) is 5.60 Å². The fraction of sp³-hybridized carbons (Fsp3) is 0.600. The number of likely N-dealkylation sites (tertiary alicyclic amines) is 1. The number of imidazole rings is 1. The van der Waals surface area contributed by atoms with E-state index in [0.717, 1.165) is 55.9 Å². The van der Waals surface area contributed by atoms with Crippen LogP contribution in [0.25, 0.3) is 11.0 Å². The number of benzene rings is 1. The third kappa shape index (κ3) is 3.23. The molecule has 0 unspecified atom stereocenters. The smallest absolute Gasteiger partial charge is 0.335 e. The third-order valence-electron chi connectivity index (χ3n) is 6.03. The van der Waals surface area contributed by atoms with E-state index in [0.29, 0.717) is 5.56 Å². The summed E-state index contributed by atoms with van der Waals surface area (Å²) in [5.74, 6) is 0.120. The van der Waals surface area contributed by atoms with Crippen LogP contribution < -0.4 is 0 Å². The lowest BCUT2D eigenvalue weighted by molar-refractivity contribution is -0.0834. The number of hydrogen-bond acceptors (Lipinski definition) is 4. The van der Waals surface area contributed by atoms with E-state index in [4.69, 9.17) is 9.72 Å². The summed E-state index contributed by atoms with van der Waals surface area (Å²) in [5.41, 5.74) is 1.94. The Morgan fingerprint density at radius 2 is 2.00 bits per heavy atom. The number of methoxy groups -OCH3 is 1. The molecule has 2 aromatic rings. The molecule has 2 aliphatic rings. The summed E-state index contributed by atoms with van der Waals surface area (Å²) in [5, 5.41) is 9.38. The van der Waals surface area contributed by atoms with Gasteiger partial charge in [0.2, 0.25) is 0 Å². The van der Waals surface area contributed by atoms with Crippen molar-refractivity contribution in [2.75, 3.05) is 20.2 Å². The maximum atomic E-state index is 11.4. The van der Waals surface area contributed by atoms with Gasteiger partial charge in [-0.25, -0.2) is 9.78 Å². The van der Waals surface area contributed by atoms with E-state index in [2.05, 4.69) is 9.47 Å². The first-order valence-corrected chi connectivity index (χ1v) is 9.60. The van der Waals surface area contributed by atoms with Crippen molar-refractivity contribution in [3.8, 4) is 0 Å². The molecule has 1 aliphatic carbocycles. The molecule has 1 aromatic carbocycles. The normalized spacial score (nSPS) is 20.2. The van der Waals surface area contributed by atoms with Crippen molar-refractivity contribution in [3.63, 3.8) is 0 Å². The van der Waals surface area contributed by atoms with Crippen LogP contribution in [-0.4, -0.2) is 51.3 Å². The Labute approximate surface area is 153 Å². The van der Waals surface area contributed by atoms with Crippen molar-refractivity contribution in [3.05, 3.63) is 29.6 Å². The molecule has 1 saturated carbocycles. The molecule has 2 fully saturated rings. The number of rotatable bonds is 6. The van der Waals surface area contributed by atoms with Gasteiger partial charge in [-0.05, 0) is 63.4 Å². The fourth-order valence-electron chi connectivity index (χ4n) is 4.21. The molecule has 26 heavy (non-hydrogen) atoms. The molecule has 1 N–H and O–H groups in total. The van der Waals surface area contributed by atoms with Gasteiger partial charge in [0.15, 0.2) is 0 Å². The van der Waals surface area contributed by atoms with Gasteiger partial charge in [-0.2, -0.15) is 0 Å². The molecule has 1 aromatic heterocycles. The topological polar surface area (TPSA) is 67.6 Å². The van der Waals surface area contributed by atoms with Crippen LogP contribution in [0, 0.1) is 0 Å². The zero-order valence-corrected chi connectivity index (χ0v) is 15.4. The highest BCUT2D eigenvalue weighted by atomic mass is 16.5. The first-order chi connectivity index (χ1) is 12.6. The Hall–Kier alpha value is -1.92. The summed E-state index contributed by atoms with van der Waals surface area (Å²) >= 11 is 0. The molecule has 6 heteroatoms. The zero-order chi connectivity index (χ0) is 18.1. The molecule has 4 rings (SSSR count). The van der Waals surface area contributed by atoms with Crippen LogP contribution in [0.1, 0.15) is 54.7 Å². The van der Waals surface area contributed by atoms with Gasteiger partial charge < -0.3 is 14.4 Å². The van der Waals surface area contributed by atoms with Gasteiger partial charge in [-0.3, -0.25) is 4.90 Å². The summed E-state index contributed by atoms with van der Waals surface area (Å²) in [6, 6.07) is 5.23. The van der Waals surface area contributed by atoms with E-state index in [1.807, 2.05) is 6.07 Å². The summed E-state index contributed by atoms with van der Waals surface area (Å²) in [6.07, 6.45) is 7.07. The molecule has 0 bridgehead atoms. The van der Waals surface area contributed by atoms with Gasteiger partial charge >= 0.3 is 5.97 Å². The van der Waals surface area contributed by atoms with Gasteiger partial charge in [-0.1, -0.05) is 6.42 Å². The number of carbonyl (C=O) groups is 1. The number of ether oxygens (including phenoxy) is 1. The van der Waals surface area contributed by atoms with Crippen LogP contribution in [0.4, 0.5) is 0 Å². The minimum Gasteiger partial charge on any atom is -0.478 e. The highest BCUT2D eigenvalue weighted by molar-refractivity contribution is 5.92. The molecule has 1 aliphatic heterocycles. The molecular weight excluding hydrogens is 330 g/mol. The maximum Gasteiger partial charge on any atom is 0.335 e. The van der Waals surface area contributed by atoms with Gasteiger partial charge in [0.25, 0.3) is 0 Å². The molecule has 0 radical (unpaired) electrons. The van der Waals surface area contributed by atoms with Crippen molar-refractivity contribution in [2.24, 2.45) is 0 Å². The minimum atomic E-state index is -0.901. The van der Waals surface area contributed by atoms with E-state index < -0.39 is 5.97 Å². The lowest BCUT2D eigenvalue weighted by Crippen LogP contribution is -2.43. The van der Waals surface area contributed by atoms with Crippen LogP contribution in [0.3, 0.4) is 0 Å². The second-order valence-corrected chi connectivity index (χ2v) is 7.70. The number of carboxylic acid groups (broad SMARTS) is 1. The summed E-state index contributed by atoms with van der Waals surface area (Å²) in [7, 11) is 1.78. The third-order valence-corrected chi connectivity index (χ3v) is 6.03. The Morgan fingerprint density at radius 1 is 1.23 bits per heavy atom. The maximum absolute atomic E-state index is 11.4. The van der Waals surface area contributed by atoms with Crippen molar-refractivity contribution < 1.29 is 14.6 Å². The van der Waals surface area contributed by atoms with Gasteiger partial charge in [0.1, 0.15) is 5.82 Å². The van der Waals surface area contributed by atoms with Crippen molar-refractivity contribution in [1.82, 2.24) is 14.5 Å². The van der Waals surface area contributed by atoms with Gasteiger partial charge in [-0.15, -0.1) is 0 Å². The van der Waals surface area contributed by atoms with Gasteiger partial charge in [0, 0.05) is 7.11 Å². The van der Waals surface area contributed by atoms with Crippen LogP contribution in [0.5, 0.6) is 0 Å². The lowest BCUT2D eigenvalue weighted by atomic mass is 9.80. The van der Waals surface area contributed by atoms with Crippen molar-refractivity contribution in [2.45, 2.75) is 57.2 Å². The van der Waals surface area contributed by atoms with Crippen molar-refractivity contribution >= 4 is 17.0 Å². The molecule has 0 spiro atoms. The predicted molar refractivity (Wildman–Crippen MR) is 99.4 cm³/mol. The number of carboxylic acids is 1. The van der Waals surface area contributed by atoms with E-state index in [1.165, 1.54) is 25.7 Å². The van der Waals surface area contributed by atoms with Crippen LogP contribution >= 0.6 is 0 Å². The van der Waals surface area contributed by atoms with Crippen LogP contribution in [0.15, 0.2) is 18.2 Å². The second kappa shape index (κ2) is 7.00. The van der Waals surface area contributed by atoms with Crippen LogP contribution in [-0.2, 0) is 17.8 Å². The SMILES string of the molecule is COC1(Cn2c(CN3CCCCC3)nc3ccc(C(=O)O)cc32)CCC1. The number of hydrogen-bond donors (Lipinski definition) is 1. The molecule has 0 atom stereocenters. The number of fused-ring (bicyclic) bond motifs is 1. The Morgan fingerprint density at radius 3 is 2.62 bits per heavy atom. The highest BCUT2D eigenvalue weighted by Crippen LogP contribution is 2.38. The standard InChI is InChI=1S/C20H27N3O3/c1-26-20(8-5-9-20)14-23-17-12-15(19(24)25)6-7-16(17)21-18(23)13-22-10-3-2-4-11-22/h6-7,12H,2-5,8-11,13-14H2,1H3,(H,24,25). The molecule has 140 valence electrons. The average Bonchev–Trinajstić information content (AvgIpc) is 2.95. The average molecular weight is 357 g/mol. The number of nitrogens with zero attached hydrogens (tertiary/aromatic N) is 3. The Balaban J connectivity index is 1.73. The van der Waals surface area contributed by atoms with Crippen molar-refractivity contribution in [1.29, 1.82) is 0 Å². The Bertz CT molecular complexity index is 798. The summed E-state index contributed by atoms with van der Waals surface area (Å²) in [6.45, 7) is 3.78. The molecular formula is C20H27N3O3. The fourth-order valence-corrected chi connectivity index (χ4v) is 4.21. The lowest BCUT2D eigenvalue weighted by Gasteiger charge is -2.41. The largest absolute Gasteiger partial charge is 0.478 e. The van der Waals surface area contributed by atoms with E-state index in [9.17, 15) is 9.90 Å². The second-order valence-electron chi connectivity index (χ2n) is 7.70. The first-order valence-electron chi connectivity index (χ1n) is 9.60. The van der Waals surface area contributed by atoms with Crippen LogP contribution in [0.2, 0.25) is 0 Å². The first kappa shape index (κ1) is 17.5. The summed E-state index contributed by atoms with van der Waals surface area (Å²) in [4.78, 5) is 18.7. The summed E-state index contributed by atoms with van der Waals surface area (Å²) < 4.78 is 8.05. The number of aromatic nitrogens is 2. The quantitative estimate of drug-likeness (QED) is 0.859.